The van der Waals surface area contributed by atoms with Crippen LogP contribution in [0.1, 0.15) is 10.4 Å². The number of fused-ring (bicyclic) bond motifs is 2. The van der Waals surface area contributed by atoms with E-state index in [-0.39, 0.29) is 5.91 Å². The zero-order chi connectivity index (χ0) is 15.6. The second-order valence-electron chi connectivity index (χ2n) is 5.19. The topological polar surface area (TPSA) is 60.5 Å². The van der Waals surface area contributed by atoms with Crippen molar-refractivity contribution in [3.63, 3.8) is 0 Å². The number of benzene rings is 2. The number of hydrogen-bond donors (Lipinski definition) is 1. The molecule has 0 bridgehead atoms. The molecule has 1 amide bonds. The van der Waals surface area contributed by atoms with Gasteiger partial charge in [-0.3, -0.25) is 9.78 Å². The molecule has 0 saturated carbocycles. The van der Waals surface area contributed by atoms with Gasteiger partial charge in [0.25, 0.3) is 5.91 Å². The van der Waals surface area contributed by atoms with Gasteiger partial charge >= 0.3 is 0 Å². The third kappa shape index (κ3) is 2.57. The number of para-hydroxylation sites is 1. The first-order valence-corrected chi connectivity index (χ1v) is 7.36. The first-order chi connectivity index (χ1) is 11.3. The predicted molar refractivity (Wildman–Crippen MR) is 87.1 cm³/mol. The average Bonchev–Trinajstić information content (AvgIpc) is 2.61. The Labute approximate surface area is 132 Å². The highest BCUT2D eigenvalue weighted by Gasteiger charge is 2.14. The number of nitrogens with zero attached hydrogens (tertiary/aromatic N) is 1. The van der Waals surface area contributed by atoms with Crippen LogP contribution >= 0.6 is 0 Å². The summed E-state index contributed by atoms with van der Waals surface area (Å²) in [6.45, 7) is 1.06. The largest absolute Gasteiger partial charge is 0.486 e. The molecule has 1 aliphatic rings. The van der Waals surface area contributed by atoms with Gasteiger partial charge in [-0.25, -0.2) is 0 Å². The van der Waals surface area contributed by atoms with Crippen molar-refractivity contribution in [2.75, 3.05) is 18.5 Å². The SMILES string of the molecule is O=C(Nc1ccc2c(c1)OCCO2)c1ccnc2ccccc12. The lowest BCUT2D eigenvalue weighted by Gasteiger charge is -2.19. The number of amides is 1. The molecule has 0 radical (unpaired) electrons. The van der Waals surface area contributed by atoms with Crippen LogP contribution in [0.3, 0.4) is 0 Å². The van der Waals surface area contributed by atoms with Gasteiger partial charge in [-0.1, -0.05) is 18.2 Å². The zero-order valence-electron chi connectivity index (χ0n) is 12.3. The maximum Gasteiger partial charge on any atom is 0.256 e. The number of carbonyl (C=O) groups is 1. The van der Waals surface area contributed by atoms with Crippen LogP contribution in [-0.2, 0) is 0 Å². The van der Waals surface area contributed by atoms with Gasteiger partial charge < -0.3 is 14.8 Å². The van der Waals surface area contributed by atoms with Crippen molar-refractivity contribution in [3.05, 3.63) is 60.3 Å². The lowest BCUT2D eigenvalue weighted by Crippen LogP contribution is -2.16. The Hall–Kier alpha value is -3.08. The maximum atomic E-state index is 12.6. The summed E-state index contributed by atoms with van der Waals surface area (Å²) in [5.74, 6) is 1.16. The molecule has 0 saturated heterocycles. The van der Waals surface area contributed by atoms with Crippen molar-refractivity contribution in [3.8, 4) is 11.5 Å². The summed E-state index contributed by atoms with van der Waals surface area (Å²) < 4.78 is 11.0. The number of rotatable bonds is 2. The number of pyridine rings is 1. The van der Waals surface area contributed by atoms with Crippen LogP contribution in [0.5, 0.6) is 11.5 Å². The van der Waals surface area contributed by atoms with E-state index in [9.17, 15) is 4.79 Å². The van der Waals surface area contributed by atoms with Gasteiger partial charge in [0.2, 0.25) is 0 Å². The minimum atomic E-state index is -0.180. The lowest BCUT2D eigenvalue weighted by atomic mass is 10.1. The molecular weight excluding hydrogens is 292 g/mol. The Bertz CT molecular complexity index is 887. The molecule has 23 heavy (non-hydrogen) atoms. The normalized spacial score (nSPS) is 12.9. The molecule has 5 nitrogen and oxygen atoms in total. The predicted octanol–water partition coefficient (Wildman–Crippen LogP) is 3.26. The molecule has 5 heteroatoms. The molecule has 0 atom stereocenters. The van der Waals surface area contributed by atoms with Gasteiger partial charge in [-0.05, 0) is 24.3 Å². The van der Waals surface area contributed by atoms with Crippen LogP contribution in [0.2, 0.25) is 0 Å². The van der Waals surface area contributed by atoms with Crippen LogP contribution in [0.15, 0.2) is 54.7 Å². The number of anilines is 1. The molecule has 2 aromatic carbocycles. The summed E-state index contributed by atoms with van der Waals surface area (Å²) in [5.41, 5.74) is 2.05. The summed E-state index contributed by atoms with van der Waals surface area (Å²) in [6, 6.07) is 14.7. The van der Waals surface area contributed by atoms with Gasteiger partial charge in [0.15, 0.2) is 11.5 Å². The highest BCUT2D eigenvalue weighted by Crippen LogP contribution is 2.32. The summed E-state index contributed by atoms with van der Waals surface area (Å²) in [7, 11) is 0. The van der Waals surface area contributed by atoms with Crippen LogP contribution in [0.25, 0.3) is 10.9 Å². The molecule has 114 valence electrons. The first kappa shape index (κ1) is 13.6. The number of ether oxygens (including phenoxy) is 2. The van der Waals surface area contributed by atoms with E-state index in [2.05, 4.69) is 10.3 Å². The van der Waals surface area contributed by atoms with Crippen LogP contribution in [0, 0.1) is 0 Å². The van der Waals surface area contributed by atoms with Gasteiger partial charge in [-0.15, -0.1) is 0 Å². The molecule has 0 unspecified atom stereocenters. The molecule has 0 aliphatic carbocycles. The monoisotopic (exact) mass is 306 g/mol. The summed E-state index contributed by atoms with van der Waals surface area (Å²) in [4.78, 5) is 16.9. The fraction of sp³-hybridized carbons (Fsp3) is 0.111. The highest BCUT2D eigenvalue weighted by atomic mass is 16.6. The third-order valence-corrected chi connectivity index (χ3v) is 3.69. The Morgan fingerprint density at radius 3 is 2.74 bits per heavy atom. The number of aromatic nitrogens is 1. The first-order valence-electron chi connectivity index (χ1n) is 7.36. The van der Waals surface area contributed by atoms with Crippen molar-refractivity contribution in [2.45, 2.75) is 0 Å². The Kier molecular flexibility index (Phi) is 3.31. The smallest absolute Gasteiger partial charge is 0.256 e. The van der Waals surface area contributed by atoms with E-state index in [1.165, 1.54) is 0 Å². The van der Waals surface area contributed by atoms with E-state index in [1.54, 1.807) is 30.5 Å². The average molecular weight is 306 g/mol. The van der Waals surface area contributed by atoms with Gasteiger partial charge in [-0.2, -0.15) is 0 Å². The van der Waals surface area contributed by atoms with E-state index < -0.39 is 0 Å². The van der Waals surface area contributed by atoms with Crippen LogP contribution < -0.4 is 14.8 Å². The fourth-order valence-corrected chi connectivity index (χ4v) is 2.61. The van der Waals surface area contributed by atoms with Gasteiger partial charge in [0, 0.05) is 23.3 Å². The molecule has 2 heterocycles. The molecular formula is C18H14N2O3. The molecule has 4 rings (SSSR count). The number of carbonyl (C=O) groups excluding carboxylic acids is 1. The van der Waals surface area contributed by atoms with Crippen LogP contribution in [0.4, 0.5) is 5.69 Å². The lowest BCUT2D eigenvalue weighted by molar-refractivity contribution is 0.102. The van der Waals surface area contributed by atoms with Crippen molar-refractivity contribution in [2.24, 2.45) is 0 Å². The van der Waals surface area contributed by atoms with Gasteiger partial charge in [0.1, 0.15) is 13.2 Å². The van der Waals surface area contributed by atoms with E-state index in [0.29, 0.717) is 36.0 Å². The minimum absolute atomic E-state index is 0.180. The van der Waals surface area contributed by atoms with E-state index in [4.69, 9.17) is 9.47 Å². The highest BCUT2D eigenvalue weighted by molar-refractivity contribution is 6.12. The second-order valence-corrected chi connectivity index (χ2v) is 5.19. The van der Waals surface area contributed by atoms with E-state index >= 15 is 0 Å². The van der Waals surface area contributed by atoms with E-state index in [1.807, 2.05) is 24.3 Å². The third-order valence-electron chi connectivity index (χ3n) is 3.69. The molecule has 0 spiro atoms. The Morgan fingerprint density at radius 1 is 1.00 bits per heavy atom. The van der Waals surface area contributed by atoms with Crippen molar-refractivity contribution in [1.29, 1.82) is 0 Å². The molecule has 0 fully saturated rings. The zero-order valence-corrected chi connectivity index (χ0v) is 12.3. The van der Waals surface area contributed by atoms with Crippen LogP contribution in [-0.4, -0.2) is 24.1 Å². The van der Waals surface area contributed by atoms with Crippen molar-refractivity contribution < 1.29 is 14.3 Å². The molecule has 3 aromatic rings. The quantitative estimate of drug-likeness (QED) is 0.789. The fourth-order valence-electron chi connectivity index (χ4n) is 2.61. The summed E-state index contributed by atoms with van der Waals surface area (Å²) >= 11 is 0. The van der Waals surface area contributed by atoms with Crippen molar-refractivity contribution in [1.82, 2.24) is 4.98 Å². The second kappa shape index (κ2) is 5.61. The molecule has 1 aliphatic heterocycles. The molecule has 1 aromatic heterocycles. The summed E-state index contributed by atoms with van der Waals surface area (Å²) in [5, 5.41) is 3.72. The van der Waals surface area contributed by atoms with Gasteiger partial charge in [0.05, 0.1) is 11.1 Å². The minimum Gasteiger partial charge on any atom is -0.486 e. The Morgan fingerprint density at radius 2 is 1.83 bits per heavy atom. The van der Waals surface area contributed by atoms with E-state index in [0.717, 1.165) is 10.9 Å². The standard InChI is InChI=1S/C18H14N2O3/c21-18(14-7-8-19-15-4-2-1-3-13(14)15)20-12-5-6-16-17(11-12)23-10-9-22-16/h1-8,11H,9-10H2,(H,20,21). The maximum absolute atomic E-state index is 12.6. The molecule has 1 N–H and O–H groups in total. The van der Waals surface area contributed by atoms with Crippen molar-refractivity contribution >= 4 is 22.5 Å². The number of hydrogen-bond acceptors (Lipinski definition) is 4. The summed E-state index contributed by atoms with van der Waals surface area (Å²) in [6.07, 6.45) is 1.64. The Balaban J connectivity index is 1.64. The number of nitrogens with one attached hydrogen (secondary N) is 1.